The van der Waals surface area contributed by atoms with Gasteiger partial charge in [0.1, 0.15) is 11.6 Å². The Bertz CT molecular complexity index is 433. The standard InChI is InChI=1S/C14H22BrN3/c1-5-16-13-10(15)11(14(2,3)4)17-12(18-13)9-7-6-8-9/h9H,5-8H2,1-4H3,(H,16,17,18). The molecule has 0 bridgehead atoms. The second-order valence-corrected chi connectivity index (χ2v) is 6.79. The molecule has 1 aliphatic carbocycles. The van der Waals surface area contributed by atoms with Crippen molar-refractivity contribution in [1.82, 2.24) is 9.97 Å². The lowest BCUT2D eigenvalue weighted by Gasteiger charge is -2.28. The van der Waals surface area contributed by atoms with Gasteiger partial charge in [0.15, 0.2) is 0 Å². The van der Waals surface area contributed by atoms with E-state index in [1.807, 2.05) is 0 Å². The van der Waals surface area contributed by atoms with Crippen molar-refractivity contribution in [2.45, 2.75) is 58.3 Å². The molecule has 0 amide bonds. The van der Waals surface area contributed by atoms with E-state index in [4.69, 9.17) is 4.98 Å². The van der Waals surface area contributed by atoms with E-state index in [1.165, 1.54) is 19.3 Å². The van der Waals surface area contributed by atoms with E-state index >= 15 is 0 Å². The Kier molecular flexibility index (Phi) is 3.95. The topological polar surface area (TPSA) is 37.8 Å². The van der Waals surface area contributed by atoms with Gasteiger partial charge in [0.2, 0.25) is 0 Å². The van der Waals surface area contributed by atoms with Gasteiger partial charge in [-0.2, -0.15) is 0 Å². The molecule has 1 aliphatic rings. The summed E-state index contributed by atoms with van der Waals surface area (Å²) in [5.74, 6) is 2.53. The lowest BCUT2D eigenvalue weighted by Crippen LogP contribution is -2.21. The van der Waals surface area contributed by atoms with Crippen LogP contribution in [0.25, 0.3) is 0 Å². The van der Waals surface area contributed by atoms with Crippen molar-refractivity contribution >= 4 is 21.7 Å². The van der Waals surface area contributed by atoms with Crippen molar-refractivity contribution < 1.29 is 0 Å². The first-order chi connectivity index (χ1) is 8.43. The minimum Gasteiger partial charge on any atom is -0.369 e. The van der Waals surface area contributed by atoms with Crippen LogP contribution in [-0.4, -0.2) is 16.5 Å². The molecule has 0 spiro atoms. The molecule has 0 aromatic carbocycles. The molecule has 18 heavy (non-hydrogen) atoms. The minimum atomic E-state index is 0.0322. The summed E-state index contributed by atoms with van der Waals surface area (Å²) in [4.78, 5) is 9.50. The maximum Gasteiger partial charge on any atom is 0.144 e. The van der Waals surface area contributed by atoms with Gasteiger partial charge < -0.3 is 5.32 Å². The van der Waals surface area contributed by atoms with E-state index in [2.05, 4.69) is 53.9 Å². The lowest BCUT2D eigenvalue weighted by atomic mass is 9.84. The predicted molar refractivity (Wildman–Crippen MR) is 79.2 cm³/mol. The summed E-state index contributed by atoms with van der Waals surface area (Å²) in [5.41, 5.74) is 1.14. The van der Waals surface area contributed by atoms with Crippen LogP contribution >= 0.6 is 15.9 Å². The molecule has 4 heteroatoms. The molecule has 0 aliphatic heterocycles. The molecule has 1 heterocycles. The smallest absolute Gasteiger partial charge is 0.144 e. The van der Waals surface area contributed by atoms with E-state index in [0.29, 0.717) is 5.92 Å². The summed E-state index contributed by atoms with van der Waals surface area (Å²) in [7, 11) is 0. The molecule has 0 atom stereocenters. The minimum absolute atomic E-state index is 0.0322. The van der Waals surface area contributed by atoms with E-state index in [9.17, 15) is 0 Å². The number of aromatic nitrogens is 2. The Hall–Kier alpha value is -0.640. The number of anilines is 1. The normalized spacial score (nSPS) is 16.5. The largest absolute Gasteiger partial charge is 0.369 e. The van der Waals surface area contributed by atoms with Gasteiger partial charge in [0.25, 0.3) is 0 Å². The predicted octanol–water partition coefficient (Wildman–Crippen LogP) is 4.24. The van der Waals surface area contributed by atoms with Gasteiger partial charge in [0, 0.05) is 17.9 Å². The number of nitrogens with one attached hydrogen (secondary N) is 1. The average Bonchev–Trinajstić information content (AvgIpc) is 2.18. The monoisotopic (exact) mass is 311 g/mol. The van der Waals surface area contributed by atoms with Crippen LogP contribution in [-0.2, 0) is 5.41 Å². The van der Waals surface area contributed by atoms with Crippen LogP contribution in [0, 0.1) is 0 Å². The van der Waals surface area contributed by atoms with Crippen LogP contribution in [0.15, 0.2) is 4.47 Å². The zero-order valence-corrected chi connectivity index (χ0v) is 13.3. The molecular formula is C14H22BrN3. The molecule has 100 valence electrons. The highest BCUT2D eigenvalue weighted by molar-refractivity contribution is 9.10. The fraction of sp³-hybridized carbons (Fsp3) is 0.714. The third-order valence-electron chi connectivity index (χ3n) is 3.39. The van der Waals surface area contributed by atoms with Crippen LogP contribution in [0.5, 0.6) is 0 Å². The molecule has 1 fully saturated rings. The summed E-state index contributed by atoms with van der Waals surface area (Å²) in [6.45, 7) is 9.55. The Morgan fingerprint density at radius 1 is 1.28 bits per heavy atom. The Labute approximate surface area is 118 Å². The summed E-state index contributed by atoms with van der Waals surface area (Å²) in [6, 6.07) is 0. The molecular weight excluding hydrogens is 290 g/mol. The number of nitrogens with zero attached hydrogens (tertiary/aromatic N) is 2. The van der Waals surface area contributed by atoms with Gasteiger partial charge in [-0.1, -0.05) is 27.2 Å². The Morgan fingerprint density at radius 3 is 2.39 bits per heavy atom. The van der Waals surface area contributed by atoms with Crippen LogP contribution in [0.3, 0.4) is 0 Å². The molecule has 1 aromatic rings. The first kappa shape index (κ1) is 13.8. The highest BCUT2D eigenvalue weighted by Gasteiger charge is 2.28. The first-order valence-electron chi connectivity index (χ1n) is 6.75. The molecule has 0 radical (unpaired) electrons. The molecule has 0 unspecified atom stereocenters. The summed E-state index contributed by atoms with van der Waals surface area (Å²) in [6.07, 6.45) is 3.78. The maximum absolute atomic E-state index is 4.81. The third-order valence-corrected chi connectivity index (χ3v) is 4.14. The van der Waals surface area contributed by atoms with Crippen molar-refractivity contribution in [1.29, 1.82) is 0 Å². The number of hydrogen-bond acceptors (Lipinski definition) is 3. The van der Waals surface area contributed by atoms with Crippen molar-refractivity contribution in [3.63, 3.8) is 0 Å². The number of hydrogen-bond donors (Lipinski definition) is 1. The second kappa shape index (κ2) is 5.16. The first-order valence-corrected chi connectivity index (χ1v) is 7.54. The van der Waals surface area contributed by atoms with E-state index in [1.54, 1.807) is 0 Å². The van der Waals surface area contributed by atoms with Gasteiger partial charge in [-0.3, -0.25) is 0 Å². The highest BCUT2D eigenvalue weighted by atomic mass is 79.9. The van der Waals surface area contributed by atoms with Crippen LogP contribution < -0.4 is 5.32 Å². The highest BCUT2D eigenvalue weighted by Crippen LogP contribution is 2.38. The van der Waals surface area contributed by atoms with Crippen LogP contribution in [0.1, 0.15) is 64.4 Å². The summed E-state index contributed by atoms with van der Waals surface area (Å²) >= 11 is 3.65. The fourth-order valence-corrected chi connectivity index (χ4v) is 3.01. The quantitative estimate of drug-likeness (QED) is 0.907. The molecule has 0 saturated heterocycles. The van der Waals surface area contributed by atoms with E-state index in [-0.39, 0.29) is 5.41 Å². The van der Waals surface area contributed by atoms with Gasteiger partial charge in [-0.25, -0.2) is 9.97 Å². The third kappa shape index (κ3) is 2.68. The SMILES string of the molecule is CCNc1nc(C2CCC2)nc(C(C)(C)C)c1Br. The zero-order valence-electron chi connectivity index (χ0n) is 11.7. The van der Waals surface area contributed by atoms with Crippen molar-refractivity contribution in [2.75, 3.05) is 11.9 Å². The fourth-order valence-electron chi connectivity index (χ4n) is 2.09. The summed E-state index contributed by atoms with van der Waals surface area (Å²) in [5, 5.41) is 3.33. The molecule has 1 saturated carbocycles. The van der Waals surface area contributed by atoms with Crippen molar-refractivity contribution in [3.05, 3.63) is 16.0 Å². The van der Waals surface area contributed by atoms with Gasteiger partial charge in [0.05, 0.1) is 10.2 Å². The van der Waals surface area contributed by atoms with Crippen molar-refractivity contribution in [2.24, 2.45) is 0 Å². The van der Waals surface area contributed by atoms with Gasteiger partial charge >= 0.3 is 0 Å². The van der Waals surface area contributed by atoms with Crippen LogP contribution in [0.4, 0.5) is 5.82 Å². The number of rotatable bonds is 3. The zero-order chi connectivity index (χ0) is 13.3. The van der Waals surface area contributed by atoms with E-state index < -0.39 is 0 Å². The summed E-state index contributed by atoms with van der Waals surface area (Å²) < 4.78 is 1.01. The van der Waals surface area contributed by atoms with Gasteiger partial charge in [-0.05, 0) is 35.7 Å². The molecule has 3 nitrogen and oxygen atoms in total. The lowest BCUT2D eigenvalue weighted by molar-refractivity contribution is 0.397. The average molecular weight is 312 g/mol. The Morgan fingerprint density at radius 2 is 1.94 bits per heavy atom. The molecule has 1 N–H and O–H groups in total. The van der Waals surface area contributed by atoms with E-state index in [0.717, 1.165) is 28.4 Å². The number of halogens is 1. The molecule has 2 rings (SSSR count). The van der Waals surface area contributed by atoms with Crippen molar-refractivity contribution in [3.8, 4) is 0 Å². The Balaban J connectivity index is 2.46. The molecule has 1 aromatic heterocycles. The maximum atomic E-state index is 4.81. The second-order valence-electron chi connectivity index (χ2n) is 6.00. The van der Waals surface area contributed by atoms with Crippen LogP contribution in [0.2, 0.25) is 0 Å². The van der Waals surface area contributed by atoms with Gasteiger partial charge in [-0.15, -0.1) is 0 Å².